The molecule has 0 spiro atoms. The minimum absolute atomic E-state index is 0.739. The molecule has 19 heavy (non-hydrogen) atoms. The topological polar surface area (TPSA) is 15.3 Å². The fraction of sp³-hybridized carbons (Fsp3) is 1.00. The SMILES string of the molecule is CCC1CCN(C2CCC(C)CC2C)CC(C)CN1. The van der Waals surface area contributed by atoms with Crippen LogP contribution in [0.2, 0.25) is 0 Å². The highest BCUT2D eigenvalue weighted by atomic mass is 15.2. The van der Waals surface area contributed by atoms with Crippen molar-refractivity contribution >= 4 is 0 Å². The molecule has 1 N–H and O–H groups in total. The minimum atomic E-state index is 0.739. The second kappa shape index (κ2) is 7.08. The summed E-state index contributed by atoms with van der Waals surface area (Å²) in [5, 5.41) is 3.74. The number of hydrogen-bond acceptors (Lipinski definition) is 2. The number of hydrogen-bond donors (Lipinski definition) is 1. The highest BCUT2D eigenvalue weighted by molar-refractivity contribution is 4.86. The molecule has 2 heteroatoms. The maximum atomic E-state index is 3.74. The third-order valence-corrected chi connectivity index (χ3v) is 5.41. The lowest BCUT2D eigenvalue weighted by atomic mass is 9.78. The van der Waals surface area contributed by atoms with E-state index in [0.29, 0.717) is 0 Å². The summed E-state index contributed by atoms with van der Waals surface area (Å²) in [4.78, 5) is 2.84. The third kappa shape index (κ3) is 4.19. The van der Waals surface area contributed by atoms with Crippen molar-refractivity contribution in [1.82, 2.24) is 10.2 Å². The molecule has 0 radical (unpaired) electrons. The monoisotopic (exact) mass is 266 g/mol. The van der Waals surface area contributed by atoms with Gasteiger partial charge in [0.25, 0.3) is 0 Å². The molecule has 1 aliphatic carbocycles. The molecule has 0 bridgehead atoms. The molecule has 0 aromatic carbocycles. The van der Waals surface area contributed by atoms with Gasteiger partial charge >= 0.3 is 0 Å². The van der Waals surface area contributed by atoms with Gasteiger partial charge in [0, 0.05) is 18.6 Å². The van der Waals surface area contributed by atoms with Gasteiger partial charge in [-0.25, -0.2) is 0 Å². The van der Waals surface area contributed by atoms with E-state index in [-0.39, 0.29) is 0 Å². The zero-order valence-corrected chi connectivity index (χ0v) is 13.5. The molecule has 1 saturated heterocycles. The highest BCUT2D eigenvalue weighted by Crippen LogP contribution is 2.32. The summed E-state index contributed by atoms with van der Waals surface area (Å²) in [5.74, 6) is 2.63. The first-order chi connectivity index (χ1) is 9.10. The predicted octanol–water partition coefficient (Wildman–Crippen LogP) is 3.52. The first-order valence-electron chi connectivity index (χ1n) is 8.57. The van der Waals surface area contributed by atoms with Gasteiger partial charge < -0.3 is 5.32 Å². The van der Waals surface area contributed by atoms with E-state index in [1.54, 1.807) is 0 Å². The summed E-state index contributed by atoms with van der Waals surface area (Å²) in [6, 6.07) is 1.59. The van der Waals surface area contributed by atoms with Gasteiger partial charge in [-0.05, 0) is 62.9 Å². The van der Waals surface area contributed by atoms with E-state index in [4.69, 9.17) is 0 Å². The molecule has 2 nitrogen and oxygen atoms in total. The minimum Gasteiger partial charge on any atom is -0.314 e. The molecule has 2 aliphatic rings. The summed E-state index contributed by atoms with van der Waals surface area (Å²) < 4.78 is 0. The normalized spacial score (nSPS) is 42.6. The Labute approximate surface area is 120 Å². The summed E-state index contributed by atoms with van der Waals surface area (Å²) in [7, 11) is 0. The fourth-order valence-electron chi connectivity index (χ4n) is 4.19. The van der Waals surface area contributed by atoms with Crippen LogP contribution >= 0.6 is 0 Å². The summed E-state index contributed by atoms with van der Waals surface area (Å²) in [6.45, 7) is 13.4. The van der Waals surface area contributed by atoms with Crippen LogP contribution in [0.5, 0.6) is 0 Å². The quantitative estimate of drug-likeness (QED) is 0.822. The smallest absolute Gasteiger partial charge is 0.0121 e. The van der Waals surface area contributed by atoms with Crippen LogP contribution in [0.4, 0.5) is 0 Å². The van der Waals surface area contributed by atoms with Crippen molar-refractivity contribution in [1.29, 1.82) is 0 Å². The van der Waals surface area contributed by atoms with E-state index < -0.39 is 0 Å². The maximum absolute atomic E-state index is 3.74. The van der Waals surface area contributed by atoms with E-state index in [2.05, 4.69) is 37.9 Å². The van der Waals surface area contributed by atoms with Crippen LogP contribution in [0.1, 0.15) is 59.8 Å². The van der Waals surface area contributed by atoms with Crippen LogP contribution in [0.25, 0.3) is 0 Å². The molecule has 0 amide bonds. The Kier molecular flexibility index (Phi) is 5.70. The maximum Gasteiger partial charge on any atom is 0.0121 e. The van der Waals surface area contributed by atoms with Crippen molar-refractivity contribution in [2.45, 2.75) is 71.9 Å². The predicted molar refractivity (Wildman–Crippen MR) is 83.4 cm³/mol. The first-order valence-corrected chi connectivity index (χ1v) is 8.57. The van der Waals surface area contributed by atoms with E-state index in [1.165, 1.54) is 51.7 Å². The van der Waals surface area contributed by atoms with Gasteiger partial charge in [0.15, 0.2) is 0 Å². The van der Waals surface area contributed by atoms with E-state index in [0.717, 1.165) is 29.8 Å². The van der Waals surface area contributed by atoms with Crippen molar-refractivity contribution in [3.8, 4) is 0 Å². The number of rotatable bonds is 2. The van der Waals surface area contributed by atoms with Crippen LogP contribution in [-0.2, 0) is 0 Å². The highest BCUT2D eigenvalue weighted by Gasteiger charge is 2.31. The van der Waals surface area contributed by atoms with Crippen LogP contribution in [0.3, 0.4) is 0 Å². The first kappa shape index (κ1) is 15.3. The molecule has 112 valence electrons. The van der Waals surface area contributed by atoms with Gasteiger partial charge in [0.05, 0.1) is 0 Å². The fourth-order valence-corrected chi connectivity index (χ4v) is 4.19. The molecular weight excluding hydrogens is 232 g/mol. The van der Waals surface area contributed by atoms with Gasteiger partial charge in [-0.1, -0.05) is 27.7 Å². The molecule has 1 heterocycles. The summed E-state index contributed by atoms with van der Waals surface area (Å²) in [5.41, 5.74) is 0. The van der Waals surface area contributed by atoms with Crippen molar-refractivity contribution in [2.75, 3.05) is 19.6 Å². The van der Waals surface area contributed by atoms with Crippen molar-refractivity contribution in [3.63, 3.8) is 0 Å². The molecule has 1 saturated carbocycles. The molecule has 1 aliphatic heterocycles. The standard InChI is InChI=1S/C17H34N2/c1-5-16-8-9-19(12-14(3)11-18-16)17-7-6-13(2)10-15(17)4/h13-18H,5-12H2,1-4H3. The lowest BCUT2D eigenvalue weighted by Gasteiger charge is -2.43. The van der Waals surface area contributed by atoms with Gasteiger partial charge in [0.2, 0.25) is 0 Å². The van der Waals surface area contributed by atoms with Crippen molar-refractivity contribution < 1.29 is 0 Å². The summed E-state index contributed by atoms with van der Waals surface area (Å²) >= 11 is 0. The zero-order valence-electron chi connectivity index (χ0n) is 13.5. The Balaban J connectivity index is 1.96. The molecule has 0 aromatic rings. The zero-order chi connectivity index (χ0) is 13.8. The number of nitrogens with zero attached hydrogens (tertiary/aromatic N) is 1. The average Bonchev–Trinajstić information content (AvgIpc) is 2.35. The Bertz CT molecular complexity index is 266. The second-order valence-corrected chi connectivity index (χ2v) is 7.37. The van der Waals surface area contributed by atoms with Crippen molar-refractivity contribution in [2.24, 2.45) is 17.8 Å². The van der Waals surface area contributed by atoms with E-state index >= 15 is 0 Å². The van der Waals surface area contributed by atoms with Crippen LogP contribution < -0.4 is 5.32 Å². The Hall–Kier alpha value is -0.0800. The Morgan fingerprint density at radius 1 is 1.05 bits per heavy atom. The molecule has 0 aromatic heterocycles. The Morgan fingerprint density at radius 3 is 2.53 bits per heavy atom. The molecular formula is C17H34N2. The molecule has 5 atom stereocenters. The molecule has 2 fully saturated rings. The Morgan fingerprint density at radius 2 is 1.84 bits per heavy atom. The molecule has 2 rings (SSSR count). The van der Waals surface area contributed by atoms with Gasteiger partial charge in [-0.3, -0.25) is 4.90 Å². The van der Waals surface area contributed by atoms with Crippen LogP contribution in [0.15, 0.2) is 0 Å². The number of nitrogens with one attached hydrogen (secondary N) is 1. The summed E-state index contributed by atoms with van der Waals surface area (Å²) in [6.07, 6.45) is 6.92. The second-order valence-electron chi connectivity index (χ2n) is 7.37. The third-order valence-electron chi connectivity index (χ3n) is 5.41. The van der Waals surface area contributed by atoms with Crippen LogP contribution in [-0.4, -0.2) is 36.6 Å². The van der Waals surface area contributed by atoms with Gasteiger partial charge in [0.1, 0.15) is 0 Å². The molecule has 5 unspecified atom stereocenters. The average molecular weight is 266 g/mol. The van der Waals surface area contributed by atoms with Crippen molar-refractivity contribution in [3.05, 3.63) is 0 Å². The largest absolute Gasteiger partial charge is 0.314 e. The van der Waals surface area contributed by atoms with Gasteiger partial charge in [-0.15, -0.1) is 0 Å². The van der Waals surface area contributed by atoms with Gasteiger partial charge in [-0.2, -0.15) is 0 Å². The van der Waals surface area contributed by atoms with E-state index in [9.17, 15) is 0 Å². The van der Waals surface area contributed by atoms with Crippen LogP contribution in [0, 0.1) is 17.8 Å². The lowest BCUT2D eigenvalue weighted by Crippen LogP contribution is -2.50. The van der Waals surface area contributed by atoms with E-state index in [1.807, 2.05) is 0 Å². The lowest BCUT2D eigenvalue weighted by molar-refractivity contribution is 0.0693.